The molecular formula is C14H20N2O5. The largest absolute Gasteiger partial charge is 0.481 e. The highest BCUT2D eigenvalue weighted by atomic mass is 16.5. The molecule has 21 heavy (non-hydrogen) atoms. The van der Waals surface area contributed by atoms with E-state index in [1.807, 2.05) is 6.92 Å². The molecule has 0 bridgehead atoms. The number of aliphatic carboxylic acids is 1. The van der Waals surface area contributed by atoms with Gasteiger partial charge in [0.1, 0.15) is 6.26 Å². The van der Waals surface area contributed by atoms with Gasteiger partial charge in [-0.05, 0) is 26.2 Å². The van der Waals surface area contributed by atoms with Crippen molar-refractivity contribution in [2.45, 2.75) is 33.1 Å². The Morgan fingerprint density at radius 3 is 2.90 bits per heavy atom. The van der Waals surface area contributed by atoms with E-state index in [9.17, 15) is 14.7 Å². The predicted octanol–water partition coefficient (Wildman–Crippen LogP) is 1.93. The van der Waals surface area contributed by atoms with Crippen LogP contribution in [-0.2, 0) is 9.53 Å². The highest BCUT2D eigenvalue weighted by molar-refractivity contribution is 5.87. The van der Waals surface area contributed by atoms with Gasteiger partial charge in [-0.1, -0.05) is 6.92 Å². The Morgan fingerprint density at radius 2 is 2.29 bits per heavy atom. The minimum absolute atomic E-state index is 0.106. The summed E-state index contributed by atoms with van der Waals surface area (Å²) < 4.78 is 10.2. The van der Waals surface area contributed by atoms with E-state index in [0.717, 1.165) is 6.42 Å². The SMILES string of the molecule is CCOC(=O)c1coc(N2CCCC(CC)(C(=O)O)C2)n1. The molecule has 0 radical (unpaired) electrons. The fraction of sp³-hybridized carbons (Fsp3) is 0.643. The van der Waals surface area contributed by atoms with E-state index in [1.54, 1.807) is 11.8 Å². The van der Waals surface area contributed by atoms with Crippen LogP contribution in [0.4, 0.5) is 6.01 Å². The summed E-state index contributed by atoms with van der Waals surface area (Å²) in [6.07, 6.45) is 3.18. The van der Waals surface area contributed by atoms with Crippen molar-refractivity contribution < 1.29 is 23.8 Å². The summed E-state index contributed by atoms with van der Waals surface area (Å²) in [4.78, 5) is 29.0. The lowest BCUT2D eigenvalue weighted by Gasteiger charge is -2.38. The number of oxazole rings is 1. The zero-order chi connectivity index (χ0) is 15.5. The number of carbonyl (C=O) groups is 2. The summed E-state index contributed by atoms with van der Waals surface area (Å²) in [5, 5.41) is 9.47. The minimum atomic E-state index is -0.799. The molecule has 7 nitrogen and oxygen atoms in total. The summed E-state index contributed by atoms with van der Waals surface area (Å²) in [6, 6.07) is 0.275. The number of esters is 1. The lowest BCUT2D eigenvalue weighted by atomic mass is 9.78. The molecule has 116 valence electrons. The first-order valence-electron chi connectivity index (χ1n) is 7.13. The van der Waals surface area contributed by atoms with Gasteiger partial charge in [0.2, 0.25) is 0 Å². The van der Waals surface area contributed by atoms with E-state index >= 15 is 0 Å². The van der Waals surface area contributed by atoms with Gasteiger partial charge in [-0.3, -0.25) is 4.79 Å². The van der Waals surface area contributed by atoms with Crippen molar-refractivity contribution in [2.24, 2.45) is 5.41 Å². The van der Waals surface area contributed by atoms with Crippen LogP contribution in [0.15, 0.2) is 10.7 Å². The molecule has 0 saturated carbocycles. The van der Waals surface area contributed by atoms with E-state index in [4.69, 9.17) is 9.15 Å². The predicted molar refractivity (Wildman–Crippen MR) is 74.3 cm³/mol. The Hall–Kier alpha value is -2.05. The van der Waals surface area contributed by atoms with Crippen LogP contribution in [0.1, 0.15) is 43.6 Å². The molecule has 2 rings (SSSR count). The molecule has 1 aromatic heterocycles. The van der Waals surface area contributed by atoms with Crippen molar-refractivity contribution in [1.29, 1.82) is 0 Å². The highest BCUT2D eigenvalue weighted by Crippen LogP contribution is 2.35. The summed E-state index contributed by atoms with van der Waals surface area (Å²) in [5.74, 6) is -1.34. The topological polar surface area (TPSA) is 92.9 Å². The first-order valence-corrected chi connectivity index (χ1v) is 7.13. The van der Waals surface area contributed by atoms with E-state index in [1.165, 1.54) is 6.26 Å². The Kier molecular flexibility index (Phi) is 4.50. The summed E-state index contributed by atoms with van der Waals surface area (Å²) in [5.41, 5.74) is -0.675. The number of carboxylic acids is 1. The molecule has 7 heteroatoms. The Labute approximate surface area is 122 Å². The molecule has 1 fully saturated rings. The van der Waals surface area contributed by atoms with E-state index in [2.05, 4.69) is 4.98 Å². The van der Waals surface area contributed by atoms with Crippen molar-refractivity contribution >= 4 is 18.0 Å². The van der Waals surface area contributed by atoms with Crippen LogP contribution in [0.3, 0.4) is 0 Å². The minimum Gasteiger partial charge on any atom is -0.481 e. The van der Waals surface area contributed by atoms with Crippen LogP contribution in [-0.4, -0.2) is 41.7 Å². The van der Waals surface area contributed by atoms with E-state index < -0.39 is 17.4 Å². The summed E-state index contributed by atoms with van der Waals surface area (Å²) in [6.45, 7) is 4.85. The molecule has 1 atom stereocenters. The molecule has 1 N–H and O–H groups in total. The second kappa shape index (κ2) is 6.15. The van der Waals surface area contributed by atoms with Crippen LogP contribution in [0.25, 0.3) is 0 Å². The van der Waals surface area contributed by atoms with Crippen molar-refractivity contribution in [1.82, 2.24) is 4.98 Å². The number of ether oxygens (including phenoxy) is 1. The van der Waals surface area contributed by atoms with Crippen LogP contribution in [0.5, 0.6) is 0 Å². The molecule has 1 aromatic rings. The fourth-order valence-electron chi connectivity index (χ4n) is 2.62. The summed E-state index contributed by atoms with van der Waals surface area (Å²) in [7, 11) is 0. The van der Waals surface area contributed by atoms with Crippen LogP contribution >= 0.6 is 0 Å². The normalized spacial score (nSPS) is 22.1. The van der Waals surface area contributed by atoms with Gasteiger partial charge in [0.15, 0.2) is 5.69 Å². The Bertz CT molecular complexity index is 527. The number of hydrogen-bond acceptors (Lipinski definition) is 6. The number of anilines is 1. The van der Waals surface area contributed by atoms with Gasteiger partial charge < -0.3 is 19.2 Å². The van der Waals surface area contributed by atoms with Gasteiger partial charge in [0.25, 0.3) is 6.01 Å². The average molecular weight is 296 g/mol. The van der Waals surface area contributed by atoms with Crippen molar-refractivity contribution in [2.75, 3.05) is 24.6 Å². The van der Waals surface area contributed by atoms with Crippen LogP contribution in [0.2, 0.25) is 0 Å². The standard InChI is InChI=1S/C14H20N2O5/c1-3-14(12(18)19)6-5-7-16(9-14)13-15-10(8-21-13)11(17)20-4-2/h8H,3-7,9H2,1-2H3,(H,18,19). The molecule has 1 saturated heterocycles. The third-order valence-corrected chi connectivity index (χ3v) is 3.95. The maximum Gasteiger partial charge on any atom is 0.360 e. The molecule has 0 amide bonds. The average Bonchev–Trinajstić information content (AvgIpc) is 2.97. The third kappa shape index (κ3) is 3.01. The van der Waals surface area contributed by atoms with Crippen molar-refractivity contribution in [3.8, 4) is 0 Å². The first kappa shape index (κ1) is 15.3. The second-order valence-electron chi connectivity index (χ2n) is 5.20. The van der Waals surface area contributed by atoms with E-state index in [-0.39, 0.29) is 18.3 Å². The number of aromatic nitrogens is 1. The first-order chi connectivity index (χ1) is 10.0. The quantitative estimate of drug-likeness (QED) is 0.830. The van der Waals surface area contributed by atoms with Gasteiger partial charge in [-0.2, -0.15) is 4.98 Å². The van der Waals surface area contributed by atoms with Crippen LogP contribution in [0, 0.1) is 5.41 Å². The maximum atomic E-state index is 11.6. The molecule has 1 aliphatic heterocycles. The van der Waals surface area contributed by atoms with Gasteiger partial charge in [-0.25, -0.2) is 4.79 Å². The zero-order valence-corrected chi connectivity index (χ0v) is 12.3. The van der Waals surface area contributed by atoms with Gasteiger partial charge in [0, 0.05) is 13.1 Å². The Morgan fingerprint density at radius 1 is 1.52 bits per heavy atom. The molecule has 0 spiro atoms. The molecule has 2 heterocycles. The third-order valence-electron chi connectivity index (χ3n) is 3.95. The fourth-order valence-corrected chi connectivity index (χ4v) is 2.62. The molecule has 0 aliphatic carbocycles. The molecular weight excluding hydrogens is 276 g/mol. The smallest absolute Gasteiger partial charge is 0.360 e. The molecule has 1 unspecified atom stereocenters. The zero-order valence-electron chi connectivity index (χ0n) is 12.3. The van der Waals surface area contributed by atoms with E-state index in [0.29, 0.717) is 25.9 Å². The number of carboxylic acid groups (broad SMARTS) is 1. The number of carbonyl (C=O) groups excluding carboxylic acids is 1. The van der Waals surface area contributed by atoms with Crippen molar-refractivity contribution in [3.63, 3.8) is 0 Å². The van der Waals surface area contributed by atoms with Gasteiger partial charge in [0.05, 0.1) is 12.0 Å². The summed E-state index contributed by atoms with van der Waals surface area (Å²) >= 11 is 0. The Balaban J connectivity index is 2.15. The second-order valence-corrected chi connectivity index (χ2v) is 5.20. The van der Waals surface area contributed by atoms with Crippen LogP contribution < -0.4 is 4.90 Å². The number of piperidine rings is 1. The van der Waals surface area contributed by atoms with Crippen molar-refractivity contribution in [3.05, 3.63) is 12.0 Å². The molecule has 0 aromatic carbocycles. The maximum absolute atomic E-state index is 11.6. The lowest BCUT2D eigenvalue weighted by Crippen LogP contribution is -2.47. The molecule has 1 aliphatic rings. The van der Waals surface area contributed by atoms with Gasteiger partial charge in [-0.15, -0.1) is 0 Å². The number of nitrogens with zero attached hydrogens (tertiary/aromatic N) is 2. The van der Waals surface area contributed by atoms with Gasteiger partial charge >= 0.3 is 11.9 Å². The number of hydrogen-bond donors (Lipinski definition) is 1. The monoisotopic (exact) mass is 296 g/mol. The highest BCUT2D eigenvalue weighted by Gasteiger charge is 2.42. The number of rotatable bonds is 5. The lowest BCUT2D eigenvalue weighted by molar-refractivity contribution is -0.149.